The highest BCUT2D eigenvalue weighted by atomic mass is 16.6. The first-order valence-electron chi connectivity index (χ1n) is 12.2. The van der Waals surface area contributed by atoms with Gasteiger partial charge in [-0.1, -0.05) is 49.4 Å². The van der Waals surface area contributed by atoms with Gasteiger partial charge >= 0.3 is 6.09 Å². The van der Waals surface area contributed by atoms with Gasteiger partial charge in [-0.15, -0.1) is 0 Å². The molecular weight excluding hydrogens is 446 g/mol. The number of rotatable bonds is 10. The van der Waals surface area contributed by atoms with Crippen molar-refractivity contribution in [3.63, 3.8) is 0 Å². The van der Waals surface area contributed by atoms with E-state index >= 15 is 0 Å². The molecule has 0 bridgehead atoms. The van der Waals surface area contributed by atoms with Gasteiger partial charge in [0.1, 0.15) is 11.9 Å². The Balaban J connectivity index is 1.58. The summed E-state index contributed by atoms with van der Waals surface area (Å²) in [5.41, 5.74) is 1.41. The quantitative estimate of drug-likeness (QED) is 0.450. The zero-order chi connectivity index (χ0) is 25.1. The molecule has 0 saturated heterocycles. The van der Waals surface area contributed by atoms with E-state index in [2.05, 4.69) is 28.1 Å². The van der Waals surface area contributed by atoms with Gasteiger partial charge in [0.2, 0.25) is 5.91 Å². The number of para-hydroxylation sites is 1. The molecule has 35 heavy (non-hydrogen) atoms. The number of ether oxygens (including phenoxy) is 2. The predicted molar refractivity (Wildman–Crippen MR) is 133 cm³/mol. The van der Waals surface area contributed by atoms with Crippen molar-refractivity contribution in [2.75, 3.05) is 26.7 Å². The topological polar surface area (TPSA) is 106 Å². The van der Waals surface area contributed by atoms with E-state index in [-0.39, 0.29) is 23.3 Å². The summed E-state index contributed by atoms with van der Waals surface area (Å²) >= 11 is 0. The molecule has 0 spiro atoms. The van der Waals surface area contributed by atoms with Crippen LogP contribution in [0.3, 0.4) is 0 Å². The van der Waals surface area contributed by atoms with Crippen LogP contribution in [-0.2, 0) is 14.9 Å². The van der Waals surface area contributed by atoms with Crippen LogP contribution < -0.4 is 20.7 Å². The summed E-state index contributed by atoms with van der Waals surface area (Å²) in [6, 6.07) is 17.3. The molecule has 8 nitrogen and oxygen atoms in total. The van der Waals surface area contributed by atoms with Gasteiger partial charge in [0.15, 0.2) is 0 Å². The molecule has 1 aliphatic carbocycles. The number of benzene rings is 2. The van der Waals surface area contributed by atoms with Crippen molar-refractivity contribution < 1.29 is 23.9 Å². The Morgan fingerprint density at radius 1 is 0.914 bits per heavy atom. The minimum atomic E-state index is -0.475. The molecule has 0 heterocycles. The van der Waals surface area contributed by atoms with Gasteiger partial charge < -0.3 is 25.4 Å². The average molecular weight is 482 g/mol. The molecule has 0 unspecified atom stereocenters. The normalized spacial score (nSPS) is 19.3. The van der Waals surface area contributed by atoms with Crippen molar-refractivity contribution in [1.29, 1.82) is 0 Å². The zero-order valence-corrected chi connectivity index (χ0v) is 20.5. The first-order chi connectivity index (χ1) is 17.0. The molecule has 8 heteroatoms. The van der Waals surface area contributed by atoms with E-state index in [4.69, 9.17) is 9.47 Å². The number of carbonyl (C=O) groups is 3. The van der Waals surface area contributed by atoms with Gasteiger partial charge in [-0.05, 0) is 43.4 Å². The van der Waals surface area contributed by atoms with Crippen molar-refractivity contribution in [3.05, 3.63) is 65.7 Å². The first-order valence-corrected chi connectivity index (χ1v) is 12.2. The number of hydrogen-bond acceptors (Lipinski definition) is 5. The van der Waals surface area contributed by atoms with Crippen LogP contribution in [0.25, 0.3) is 0 Å². The second kappa shape index (κ2) is 12.8. The van der Waals surface area contributed by atoms with Crippen molar-refractivity contribution in [1.82, 2.24) is 16.0 Å². The third-order valence-electron chi connectivity index (χ3n) is 6.53. The van der Waals surface area contributed by atoms with E-state index in [1.54, 1.807) is 26.2 Å². The summed E-state index contributed by atoms with van der Waals surface area (Å²) in [5.74, 6) is 0.310. The van der Waals surface area contributed by atoms with Crippen LogP contribution in [0.15, 0.2) is 54.6 Å². The van der Waals surface area contributed by atoms with Gasteiger partial charge in [0, 0.05) is 31.5 Å². The fourth-order valence-electron chi connectivity index (χ4n) is 4.48. The summed E-state index contributed by atoms with van der Waals surface area (Å²) in [4.78, 5) is 36.4. The molecule has 0 aromatic heterocycles. The van der Waals surface area contributed by atoms with Crippen LogP contribution in [0.1, 0.15) is 54.9 Å². The van der Waals surface area contributed by atoms with Gasteiger partial charge in [-0.3, -0.25) is 9.59 Å². The largest absolute Gasteiger partial charge is 0.496 e. The summed E-state index contributed by atoms with van der Waals surface area (Å²) in [6.45, 7) is 2.94. The maximum absolute atomic E-state index is 12.9. The zero-order valence-electron chi connectivity index (χ0n) is 20.5. The lowest BCUT2D eigenvalue weighted by atomic mass is 9.68. The molecule has 188 valence electrons. The van der Waals surface area contributed by atoms with Crippen molar-refractivity contribution in [2.24, 2.45) is 0 Å². The Labute approximate surface area is 206 Å². The second-order valence-electron chi connectivity index (χ2n) is 8.76. The summed E-state index contributed by atoms with van der Waals surface area (Å²) < 4.78 is 10.9. The van der Waals surface area contributed by atoms with Crippen LogP contribution in [-0.4, -0.2) is 50.8 Å². The lowest BCUT2D eigenvalue weighted by Gasteiger charge is -2.40. The Kier molecular flexibility index (Phi) is 9.52. The van der Waals surface area contributed by atoms with E-state index in [0.717, 1.165) is 18.4 Å². The monoisotopic (exact) mass is 481 g/mol. The maximum atomic E-state index is 12.9. The smallest absolute Gasteiger partial charge is 0.407 e. The van der Waals surface area contributed by atoms with Crippen molar-refractivity contribution in [3.8, 4) is 5.75 Å². The second-order valence-corrected chi connectivity index (χ2v) is 8.76. The predicted octanol–water partition coefficient (Wildman–Crippen LogP) is 3.56. The minimum absolute atomic E-state index is 0.0532. The standard InChI is InChI=1S/C27H35N3O5/c1-3-24(31)28-17-18-29-26(33)35-21-13-15-27(16-14-21,20-9-5-4-6-10-20)19-30-25(32)22-11-7-8-12-23(22)34-2/h4-12,21H,3,13-19H2,1-2H3,(H,28,31)(H,29,33)(H,30,32). The highest BCUT2D eigenvalue weighted by Crippen LogP contribution is 2.40. The van der Waals surface area contributed by atoms with Gasteiger partial charge in [0.25, 0.3) is 5.91 Å². The Morgan fingerprint density at radius 3 is 2.26 bits per heavy atom. The molecule has 1 fully saturated rings. The number of carbonyl (C=O) groups excluding carboxylic acids is 3. The van der Waals surface area contributed by atoms with E-state index < -0.39 is 6.09 Å². The molecule has 3 rings (SSSR count). The average Bonchev–Trinajstić information content (AvgIpc) is 2.91. The summed E-state index contributed by atoms with van der Waals surface area (Å²) in [6.07, 6.45) is 2.68. The third kappa shape index (κ3) is 7.21. The van der Waals surface area contributed by atoms with E-state index in [1.165, 1.54) is 0 Å². The Morgan fingerprint density at radius 2 is 1.57 bits per heavy atom. The fourth-order valence-corrected chi connectivity index (χ4v) is 4.48. The van der Waals surface area contributed by atoms with Crippen LogP contribution in [0.4, 0.5) is 4.79 Å². The Bertz CT molecular complexity index is 987. The molecule has 1 aliphatic rings. The lowest BCUT2D eigenvalue weighted by Crippen LogP contribution is -2.45. The molecule has 0 atom stereocenters. The summed E-state index contributed by atoms with van der Waals surface area (Å²) in [5, 5.41) is 8.51. The van der Waals surface area contributed by atoms with E-state index in [0.29, 0.717) is 50.2 Å². The van der Waals surface area contributed by atoms with Crippen LogP contribution in [0, 0.1) is 0 Å². The maximum Gasteiger partial charge on any atom is 0.407 e. The van der Waals surface area contributed by atoms with Crippen LogP contribution >= 0.6 is 0 Å². The van der Waals surface area contributed by atoms with Gasteiger partial charge in [-0.25, -0.2) is 4.79 Å². The molecule has 3 amide bonds. The molecule has 2 aromatic carbocycles. The SMILES string of the molecule is CCC(=O)NCCNC(=O)OC1CCC(CNC(=O)c2ccccc2OC)(c2ccccc2)CC1. The minimum Gasteiger partial charge on any atom is -0.496 e. The molecule has 2 aromatic rings. The molecular formula is C27H35N3O5. The molecule has 1 saturated carbocycles. The fraction of sp³-hybridized carbons (Fsp3) is 0.444. The molecule has 3 N–H and O–H groups in total. The Hall–Kier alpha value is -3.55. The number of amides is 3. The van der Waals surface area contributed by atoms with E-state index in [9.17, 15) is 14.4 Å². The van der Waals surface area contributed by atoms with Crippen LogP contribution in [0.5, 0.6) is 5.75 Å². The van der Waals surface area contributed by atoms with Crippen molar-refractivity contribution in [2.45, 2.75) is 50.5 Å². The number of methoxy groups -OCH3 is 1. The number of hydrogen-bond donors (Lipinski definition) is 3. The van der Waals surface area contributed by atoms with Crippen LogP contribution in [0.2, 0.25) is 0 Å². The first kappa shape index (κ1) is 26.1. The number of alkyl carbamates (subject to hydrolysis) is 1. The summed E-state index contributed by atoms with van der Waals surface area (Å²) in [7, 11) is 1.55. The lowest BCUT2D eigenvalue weighted by molar-refractivity contribution is -0.120. The molecule has 0 radical (unpaired) electrons. The van der Waals surface area contributed by atoms with Gasteiger partial charge in [0.05, 0.1) is 12.7 Å². The third-order valence-corrected chi connectivity index (χ3v) is 6.53. The molecule has 0 aliphatic heterocycles. The number of nitrogens with one attached hydrogen (secondary N) is 3. The van der Waals surface area contributed by atoms with Gasteiger partial charge in [-0.2, -0.15) is 0 Å². The van der Waals surface area contributed by atoms with E-state index in [1.807, 2.05) is 30.3 Å². The highest BCUT2D eigenvalue weighted by molar-refractivity contribution is 5.97. The van der Waals surface area contributed by atoms with Crippen molar-refractivity contribution >= 4 is 17.9 Å². The highest BCUT2D eigenvalue weighted by Gasteiger charge is 2.38.